The molecule has 1 aromatic rings. The van der Waals surface area contributed by atoms with E-state index in [2.05, 4.69) is 17.2 Å². The zero-order chi connectivity index (χ0) is 13.3. The van der Waals surface area contributed by atoms with Crippen LogP contribution >= 0.6 is 11.6 Å². The summed E-state index contributed by atoms with van der Waals surface area (Å²) in [5.74, 6) is 1.60. The molecule has 4 heteroatoms. The maximum Gasteiger partial charge on any atom is 0.251 e. The molecule has 98 valence electrons. The fourth-order valence-electron chi connectivity index (χ4n) is 1.95. The van der Waals surface area contributed by atoms with Gasteiger partial charge in [-0.2, -0.15) is 0 Å². The highest BCUT2D eigenvalue weighted by atomic mass is 35.5. The maximum atomic E-state index is 12.0. The second-order valence-corrected chi connectivity index (χ2v) is 5.83. The first kappa shape index (κ1) is 13.3. The molecule has 1 fully saturated rings. The number of nitrogens with one attached hydrogen (secondary N) is 1. The van der Waals surface area contributed by atoms with Crippen molar-refractivity contribution in [1.29, 1.82) is 0 Å². The molecule has 0 spiro atoms. The van der Waals surface area contributed by atoms with E-state index < -0.39 is 0 Å². The van der Waals surface area contributed by atoms with Crippen molar-refractivity contribution in [3.63, 3.8) is 0 Å². The average Bonchev–Trinajstić information content (AvgIpc) is 3.01. The Labute approximate surface area is 113 Å². The molecule has 0 radical (unpaired) electrons. The fraction of sp³-hybridized carbons (Fsp3) is 0.571. The number of aromatic nitrogens is 1. The topological polar surface area (TPSA) is 42.0 Å². The maximum absolute atomic E-state index is 12.0. The van der Waals surface area contributed by atoms with Gasteiger partial charge in [0.05, 0.1) is 0 Å². The first-order valence-electron chi connectivity index (χ1n) is 6.43. The number of hydrogen-bond acceptors (Lipinski definition) is 2. The van der Waals surface area contributed by atoms with Crippen molar-refractivity contribution in [1.82, 2.24) is 10.3 Å². The molecule has 0 aliphatic heterocycles. The number of halogens is 1. The number of hydrogen-bond donors (Lipinski definition) is 1. The number of rotatable bonds is 4. The summed E-state index contributed by atoms with van der Waals surface area (Å²) in [7, 11) is 0. The zero-order valence-electron chi connectivity index (χ0n) is 11.0. The molecule has 18 heavy (non-hydrogen) atoms. The van der Waals surface area contributed by atoms with E-state index in [1.165, 1.54) is 6.42 Å². The van der Waals surface area contributed by atoms with Crippen LogP contribution in [0.1, 0.15) is 49.2 Å². The number of carbonyl (C=O) groups excluding carboxylic acids is 1. The van der Waals surface area contributed by atoms with Crippen molar-refractivity contribution >= 4 is 17.5 Å². The van der Waals surface area contributed by atoms with E-state index >= 15 is 0 Å². The molecular formula is C14H19ClN2O. The summed E-state index contributed by atoms with van der Waals surface area (Å²) in [4.78, 5) is 16.2. The van der Waals surface area contributed by atoms with Gasteiger partial charge in [0.2, 0.25) is 0 Å². The Bertz CT molecular complexity index is 459. The number of carbonyl (C=O) groups is 1. The highest BCUT2D eigenvalue weighted by Gasteiger charge is 2.32. The van der Waals surface area contributed by atoms with Gasteiger partial charge in [-0.1, -0.05) is 32.4 Å². The summed E-state index contributed by atoms with van der Waals surface area (Å²) >= 11 is 5.95. The van der Waals surface area contributed by atoms with Crippen molar-refractivity contribution in [2.24, 2.45) is 11.8 Å². The fourth-order valence-corrected chi connectivity index (χ4v) is 2.17. The Balaban J connectivity index is 2.04. The van der Waals surface area contributed by atoms with Gasteiger partial charge in [0.15, 0.2) is 0 Å². The van der Waals surface area contributed by atoms with E-state index in [0.29, 0.717) is 16.6 Å². The number of pyridine rings is 1. The first-order valence-corrected chi connectivity index (χ1v) is 6.81. The van der Waals surface area contributed by atoms with E-state index in [4.69, 9.17) is 11.6 Å². The molecule has 0 saturated heterocycles. The van der Waals surface area contributed by atoms with Gasteiger partial charge in [0.1, 0.15) is 5.15 Å². The molecule has 1 amide bonds. The van der Waals surface area contributed by atoms with Crippen molar-refractivity contribution < 1.29 is 4.79 Å². The summed E-state index contributed by atoms with van der Waals surface area (Å²) in [5, 5.41) is 3.34. The second kappa shape index (κ2) is 5.27. The van der Waals surface area contributed by atoms with Gasteiger partial charge in [-0.05, 0) is 36.3 Å². The predicted octanol–water partition coefficient (Wildman–Crippen LogP) is 3.24. The minimum atomic E-state index is -0.0553. The zero-order valence-corrected chi connectivity index (χ0v) is 11.8. The predicted molar refractivity (Wildman–Crippen MR) is 72.9 cm³/mol. The van der Waals surface area contributed by atoms with Gasteiger partial charge in [-0.25, -0.2) is 4.98 Å². The van der Waals surface area contributed by atoms with E-state index in [-0.39, 0.29) is 11.8 Å². The molecule has 1 N–H and O–H groups in total. The highest BCUT2D eigenvalue weighted by molar-refractivity contribution is 6.29. The van der Waals surface area contributed by atoms with Crippen LogP contribution in [0.3, 0.4) is 0 Å². The standard InChI is InChI=1S/C14H19ClN2O/c1-8(2)12-5-10(6-13(15)17-12)14(18)16-7-11-4-9(11)3/h5-6,8-9,11H,4,7H2,1-3H3,(H,16,18). The largest absolute Gasteiger partial charge is 0.352 e. The molecule has 0 aromatic carbocycles. The minimum Gasteiger partial charge on any atom is -0.352 e. The van der Waals surface area contributed by atoms with Gasteiger partial charge < -0.3 is 5.32 Å². The molecule has 1 aliphatic rings. The third kappa shape index (κ3) is 3.22. The van der Waals surface area contributed by atoms with Crippen molar-refractivity contribution in [2.45, 2.75) is 33.1 Å². The second-order valence-electron chi connectivity index (χ2n) is 5.44. The first-order chi connectivity index (χ1) is 8.47. The SMILES string of the molecule is CC(C)c1cc(C(=O)NCC2CC2C)cc(Cl)n1. The Kier molecular flexibility index (Phi) is 3.91. The lowest BCUT2D eigenvalue weighted by Gasteiger charge is -2.09. The number of nitrogens with zero attached hydrogens (tertiary/aromatic N) is 1. The third-order valence-electron chi connectivity index (χ3n) is 3.47. The minimum absolute atomic E-state index is 0.0553. The van der Waals surface area contributed by atoms with Crippen LogP contribution < -0.4 is 5.32 Å². The summed E-state index contributed by atoms with van der Waals surface area (Å²) in [6.45, 7) is 7.03. The number of amides is 1. The monoisotopic (exact) mass is 266 g/mol. The van der Waals surface area contributed by atoms with Crippen molar-refractivity contribution in [3.8, 4) is 0 Å². The van der Waals surface area contributed by atoms with Gasteiger partial charge >= 0.3 is 0 Å². The smallest absolute Gasteiger partial charge is 0.251 e. The van der Waals surface area contributed by atoms with E-state index in [1.54, 1.807) is 6.07 Å². The molecule has 0 bridgehead atoms. The Hall–Kier alpha value is -1.09. The van der Waals surface area contributed by atoms with Gasteiger partial charge in [0, 0.05) is 17.8 Å². The normalized spacial score (nSPS) is 22.1. The third-order valence-corrected chi connectivity index (χ3v) is 3.66. The lowest BCUT2D eigenvalue weighted by molar-refractivity contribution is 0.0951. The van der Waals surface area contributed by atoms with Crippen LogP contribution in [-0.2, 0) is 0 Å². The molecule has 2 rings (SSSR count). The van der Waals surface area contributed by atoms with Crippen LogP contribution in [-0.4, -0.2) is 17.4 Å². The van der Waals surface area contributed by atoms with Crippen LogP contribution in [0.4, 0.5) is 0 Å². The Morgan fingerprint density at radius 1 is 1.56 bits per heavy atom. The Morgan fingerprint density at radius 2 is 2.22 bits per heavy atom. The van der Waals surface area contributed by atoms with Crippen molar-refractivity contribution in [3.05, 3.63) is 28.5 Å². The van der Waals surface area contributed by atoms with Crippen LogP contribution in [0.5, 0.6) is 0 Å². The van der Waals surface area contributed by atoms with Gasteiger partial charge in [0.25, 0.3) is 5.91 Å². The van der Waals surface area contributed by atoms with Crippen LogP contribution in [0, 0.1) is 11.8 Å². The summed E-state index contributed by atoms with van der Waals surface area (Å²) in [6.07, 6.45) is 1.22. The summed E-state index contributed by atoms with van der Waals surface area (Å²) < 4.78 is 0. The lowest BCUT2D eigenvalue weighted by Crippen LogP contribution is -2.26. The van der Waals surface area contributed by atoms with Gasteiger partial charge in [-0.15, -0.1) is 0 Å². The highest BCUT2D eigenvalue weighted by Crippen LogP contribution is 2.36. The molecular weight excluding hydrogens is 248 g/mol. The molecule has 1 saturated carbocycles. The van der Waals surface area contributed by atoms with Crippen LogP contribution in [0.2, 0.25) is 5.15 Å². The van der Waals surface area contributed by atoms with Crippen LogP contribution in [0.15, 0.2) is 12.1 Å². The summed E-state index contributed by atoms with van der Waals surface area (Å²) in [5.41, 5.74) is 1.46. The molecule has 2 atom stereocenters. The molecule has 3 nitrogen and oxygen atoms in total. The molecule has 1 aromatic heterocycles. The van der Waals surface area contributed by atoms with E-state index in [1.807, 2.05) is 19.9 Å². The summed E-state index contributed by atoms with van der Waals surface area (Å²) in [6, 6.07) is 3.45. The van der Waals surface area contributed by atoms with E-state index in [9.17, 15) is 4.79 Å². The van der Waals surface area contributed by atoms with Crippen molar-refractivity contribution in [2.75, 3.05) is 6.54 Å². The Morgan fingerprint density at radius 3 is 2.78 bits per heavy atom. The quantitative estimate of drug-likeness (QED) is 0.850. The van der Waals surface area contributed by atoms with Crippen LogP contribution in [0.25, 0.3) is 0 Å². The molecule has 1 aliphatic carbocycles. The van der Waals surface area contributed by atoms with E-state index in [0.717, 1.165) is 18.2 Å². The van der Waals surface area contributed by atoms with Gasteiger partial charge in [-0.3, -0.25) is 4.79 Å². The lowest BCUT2D eigenvalue weighted by atomic mass is 10.1. The molecule has 1 heterocycles. The average molecular weight is 267 g/mol. The molecule has 2 unspecified atom stereocenters.